The lowest BCUT2D eigenvalue weighted by atomic mass is 10.3. The van der Waals surface area contributed by atoms with Gasteiger partial charge in [-0.05, 0) is 23.7 Å². The molecule has 2 rings (SSSR count). The van der Waals surface area contributed by atoms with Crippen LogP contribution in [0.5, 0.6) is 0 Å². The van der Waals surface area contributed by atoms with Crippen LogP contribution in [-0.2, 0) is 16.6 Å². The molecule has 0 spiro atoms. The molecule has 0 radical (unpaired) electrons. The Labute approximate surface area is 136 Å². The molecule has 0 saturated heterocycles. The predicted molar refractivity (Wildman–Crippen MR) is 87.5 cm³/mol. The number of nitrogens with one attached hydrogen (secondary N) is 3. The van der Waals surface area contributed by atoms with Gasteiger partial charge in [-0.25, -0.2) is 18.5 Å². The number of primary sulfonamides is 1. The van der Waals surface area contributed by atoms with Crippen LogP contribution in [0.3, 0.4) is 0 Å². The summed E-state index contributed by atoms with van der Waals surface area (Å²) in [6, 6.07) is 3.10. The highest BCUT2D eigenvalue weighted by molar-refractivity contribution is 7.91. The number of rotatable bonds is 6. The molecule has 8 nitrogen and oxygen atoms in total. The first-order valence-electron chi connectivity index (χ1n) is 5.96. The van der Waals surface area contributed by atoms with Gasteiger partial charge in [-0.2, -0.15) is 4.98 Å². The topological polar surface area (TPSA) is 134 Å². The number of anilines is 2. The number of nitrogens with two attached hydrogens (primary N) is 1. The van der Waals surface area contributed by atoms with E-state index in [0.717, 1.165) is 22.4 Å². The summed E-state index contributed by atoms with van der Waals surface area (Å²) in [6.45, 7) is 0.317. The Kier molecular flexibility index (Phi) is 4.96. The van der Waals surface area contributed by atoms with E-state index in [2.05, 4.69) is 20.6 Å². The highest BCUT2D eigenvalue weighted by Gasteiger charge is 2.13. The lowest BCUT2D eigenvalue weighted by molar-refractivity contribution is 0.600. The van der Waals surface area contributed by atoms with Crippen molar-refractivity contribution in [2.45, 2.75) is 10.8 Å². The fourth-order valence-electron chi connectivity index (χ4n) is 1.68. The molecule has 22 heavy (non-hydrogen) atoms. The second kappa shape index (κ2) is 6.57. The van der Waals surface area contributed by atoms with Gasteiger partial charge >= 0.3 is 0 Å². The normalized spacial score (nSPS) is 11.2. The van der Waals surface area contributed by atoms with Crippen LogP contribution in [0.4, 0.5) is 11.6 Å². The molecule has 2 aromatic heterocycles. The van der Waals surface area contributed by atoms with Crippen molar-refractivity contribution in [2.75, 3.05) is 17.7 Å². The van der Waals surface area contributed by atoms with Crippen molar-refractivity contribution < 1.29 is 8.42 Å². The molecule has 0 aliphatic heterocycles. The zero-order chi connectivity index (χ0) is 16.3. The molecule has 0 fully saturated rings. The van der Waals surface area contributed by atoms with Gasteiger partial charge in [0.1, 0.15) is 15.8 Å². The minimum Gasteiger partial charge on any atom is -0.372 e. The lowest BCUT2D eigenvalue weighted by Crippen LogP contribution is -2.10. The molecule has 2 heterocycles. The monoisotopic (exact) mass is 360 g/mol. The Hall–Kier alpha value is -1.75. The second-order valence-electron chi connectivity index (χ2n) is 4.12. The summed E-state index contributed by atoms with van der Waals surface area (Å²) in [4.78, 5) is 8.76. The molecule has 0 aliphatic carbocycles. The van der Waals surface area contributed by atoms with Crippen molar-refractivity contribution in [3.63, 3.8) is 0 Å². The number of aromatic nitrogens is 2. The second-order valence-corrected chi connectivity index (χ2v) is 7.41. The van der Waals surface area contributed by atoms with Crippen LogP contribution in [0, 0.1) is 5.41 Å². The van der Waals surface area contributed by atoms with Crippen molar-refractivity contribution in [1.29, 1.82) is 5.41 Å². The Bertz CT molecular complexity index is 805. The maximum atomic E-state index is 11.2. The van der Waals surface area contributed by atoms with Crippen LogP contribution in [-0.4, -0.2) is 31.6 Å². The van der Waals surface area contributed by atoms with E-state index in [0.29, 0.717) is 23.7 Å². The first-order valence-corrected chi connectivity index (χ1v) is 8.70. The van der Waals surface area contributed by atoms with Crippen LogP contribution >= 0.6 is 22.9 Å². The largest absolute Gasteiger partial charge is 0.372 e. The Balaban J connectivity index is 2.23. The highest BCUT2D eigenvalue weighted by atomic mass is 35.5. The summed E-state index contributed by atoms with van der Waals surface area (Å²) in [6.07, 6.45) is 1.11. The molecule has 0 saturated carbocycles. The van der Waals surface area contributed by atoms with Gasteiger partial charge in [-0.15, -0.1) is 11.3 Å². The van der Waals surface area contributed by atoms with Crippen LogP contribution in [0.2, 0.25) is 5.28 Å². The minimum atomic E-state index is -3.70. The van der Waals surface area contributed by atoms with Gasteiger partial charge in [-0.3, -0.25) is 0 Å². The first kappa shape index (κ1) is 16.6. The van der Waals surface area contributed by atoms with E-state index in [1.807, 2.05) is 0 Å². The van der Waals surface area contributed by atoms with E-state index in [1.165, 1.54) is 6.07 Å². The predicted octanol–water partition coefficient (Wildman–Crippen LogP) is 1.49. The van der Waals surface area contributed by atoms with Gasteiger partial charge < -0.3 is 16.0 Å². The number of halogens is 1. The summed E-state index contributed by atoms with van der Waals surface area (Å²) in [5, 5.41) is 18.4. The van der Waals surface area contributed by atoms with Gasteiger partial charge in [0, 0.05) is 18.1 Å². The Morgan fingerprint density at radius 1 is 1.41 bits per heavy atom. The van der Waals surface area contributed by atoms with Crippen molar-refractivity contribution in [3.05, 3.63) is 27.9 Å². The average Bonchev–Trinajstić information content (AvgIpc) is 2.93. The van der Waals surface area contributed by atoms with Crippen LogP contribution < -0.4 is 15.8 Å². The fraction of sp³-hybridized carbons (Fsp3) is 0.182. The average molecular weight is 361 g/mol. The molecule has 5 N–H and O–H groups in total. The minimum absolute atomic E-state index is 0.0360. The maximum absolute atomic E-state index is 11.2. The van der Waals surface area contributed by atoms with Crippen LogP contribution in [0.25, 0.3) is 0 Å². The third-order valence-corrected chi connectivity index (χ3v) is 5.34. The first-order chi connectivity index (χ1) is 10.3. The molecule has 0 unspecified atom stereocenters. The molecule has 2 aromatic rings. The highest BCUT2D eigenvalue weighted by Crippen LogP contribution is 2.24. The molecule has 0 aromatic carbocycles. The summed E-state index contributed by atoms with van der Waals surface area (Å²) < 4.78 is 22.6. The number of nitrogens with zero attached hydrogens (tertiary/aromatic N) is 2. The number of thiophene rings is 1. The molecule has 11 heteroatoms. The molecule has 0 atom stereocenters. The van der Waals surface area contributed by atoms with Gasteiger partial charge in [0.15, 0.2) is 0 Å². The van der Waals surface area contributed by atoms with Crippen molar-refractivity contribution >= 4 is 50.8 Å². The van der Waals surface area contributed by atoms with Gasteiger partial charge in [0.25, 0.3) is 0 Å². The molecule has 0 aliphatic rings. The van der Waals surface area contributed by atoms with Crippen molar-refractivity contribution in [2.24, 2.45) is 5.14 Å². The Morgan fingerprint density at radius 3 is 2.64 bits per heavy atom. The van der Waals surface area contributed by atoms with Crippen molar-refractivity contribution in [3.8, 4) is 0 Å². The smallest absolute Gasteiger partial charge is 0.247 e. The summed E-state index contributed by atoms with van der Waals surface area (Å²) in [7, 11) is -2.04. The van der Waals surface area contributed by atoms with E-state index in [1.54, 1.807) is 13.1 Å². The van der Waals surface area contributed by atoms with Gasteiger partial charge in [0.05, 0.1) is 12.1 Å². The zero-order valence-electron chi connectivity index (χ0n) is 11.4. The van der Waals surface area contributed by atoms with Crippen LogP contribution in [0.15, 0.2) is 16.3 Å². The standard InChI is InChI=1S/C11H13ClN6O2S2/c1-15-9-7(4-13)10(18-11(12)17-9)16-5-6-2-3-8(21-6)22(14,19)20/h2-4,13H,5H2,1H3,(H2,14,19,20)(H2,15,16,17,18). The zero-order valence-corrected chi connectivity index (χ0v) is 13.8. The molecule has 0 amide bonds. The Morgan fingerprint density at radius 2 is 2.09 bits per heavy atom. The molecular formula is C11H13ClN6O2S2. The summed E-state index contributed by atoms with van der Waals surface area (Å²) in [5.41, 5.74) is 0.454. The van der Waals surface area contributed by atoms with E-state index < -0.39 is 10.0 Å². The molecule has 0 bridgehead atoms. The maximum Gasteiger partial charge on any atom is 0.247 e. The fourth-order valence-corrected chi connectivity index (χ4v) is 3.57. The van der Waals surface area contributed by atoms with Gasteiger partial charge in [0.2, 0.25) is 15.3 Å². The number of hydrogen-bond acceptors (Lipinski definition) is 8. The number of sulfonamides is 1. The van der Waals surface area contributed by atoms with E-state index in [4.69, 9.17) is 22.1 Å². The third kappa shape index (κ3) is 3.71. The van der Waals surface area contributed by atoms with E-state index >= 15 is 0 Å². The molecular weight excluding hydrogens is 348 g/mol. The van der Waals surface area contributed by atoms with E-state index in [9.17, 15) is 8.42 Å². The quantitative estimate of drug-likeness (QED) is 0.455. The van der Waals surface area contributed by atoms with Crippen molar-refractivity contribution in [1.82, 2.24) is 9.97 Å². The van der Waals surface area contributed by atoms with Crippen LogP contribution in [0.1, 0.15) is 10.4 Å². The lowest BCUT2D eigenvalue weighted by Gasteiger charge is -2.11. The third-order valence-electron chi connectivity index (χ3n) is 2.65. The molecule has 118 valence electrons. The number of hydrogen-bond donors (Lipinski definition) is 4. The van der Waals surface area contributed by atoms with Gasteiger partial charge in [-0.1, -0.05) is 0 Å². The van der Waals surface area contributed by atoms with E-state index in [-0.39, 0.29) is 9.49 Å². The SMILES string of the molecule is CNc1nc(Cl)nc(NCc2ccc(S(N)(=O)=O)s2)c1C=N. The summed E-state index contributed by atoms with van der Waals surface area (Å²) in [5.74, 6) is 0.804. The summed E-state index contributed by atoms with van der Waals surface area (Å²) >= 11 is 6.89.